The summed E-state index contributed by atoms with van der Waals surface area (Å²) in [6.07, 6.45) is 1.86. The summed E-state index contributed by atoms with van der Waals surface area (Å²) in [5, 5.41) is 2.31. The van der Waals surface area contributed by atoms with E-state index in [2.05, 4.69) is 41.4 Å². The fourth-order valence-corrected chi connectivity index (χ4v) is 4.06. The van der Waals surface area contributed by atoms with Crippen LogP contribution in [0.4, 0.5) is 0 Å². The lowest BCUT2D eigenvalue weighted by Gasteiger charge is -2.09. The molecule has 0 saturated heterocycles. The molecule has 0 aliphatic carbocycles. The number of hydrogen-bond acceptors (Lipinski definition) is 4. The molecule has 0 amide bonds. The van der Waals surface area contributed by atoms with E-state index in [0.29, 0.717) is 17.5 Å². The summed E-state index contributed by atoms with van der Waals surface area (Å²) in [6, 6.07) is 38.6. The lowest BCUT2D eigenvalue weighted by atomic mass is 10.0. The van der Waals surface area contributed by atoms with Crippen molar-refractivity contribution in [1.29, 1.82) is 0 Å². The second-order valence-corrected chi connectivity index (χ2v) is 8.00. The normalized spacial score (nSPS) is 10.9. The molecule has 6 aromatic rings. The Labute approximate surface area is 197 Å². The molecule has 0 spiro atoms. The number of benzene rings is 4. The van der Waals surface area contributed by atoms with Gasteiger partial charge in [0.05, 0.1) is 5.69 Å². The highest BCUT2D eigenvalue weighted by Gasteiger charge is 2.12. The first-order chi connectivity index (χ1) is 16.8. The van der Waals surface area contributed by atoms with Crippen molar-refractivity contribution in [1.82, 2.24) is 19.9 Å². The zero-order chi connectivity index (χ0) is 22.7. The maximum absolute atomic E-state index is 4.81. The molecule has 0 bridgehead atoms. The van der Waals surface area contributed by atoms with Gasteiger partial charge in [-0.15, -0.1) is 0 Å². The van der Waals surface area contributed by atoms with E-state index in [1.54, 1.807) is 0 Å². The Morgan fingerprint density at radius 1 is 0.382 bits per heavy atom. The molecule has 4 aromatic carbocycles. The van der Waals surface area contributed by atoms with E-state index in [-0.39, 0.29) is 0 Å². The highest BCUT2D eigenvalue weighted by molar-refractivity contribution is 5.94. The van der Waals surface area contributed by atoms with Gasteiger partial charge in [0, 0.05) is 33.8 Å². The summed E-state index contributed by atoms with van der Waals surface area (Å²) in [4.78, 5) is 19.0. The van der Waals surface area contributed by atoms with Crippen molar-refractivity contribution in [2.24, 2.45) is 0 Å². The van der Waals surface area contributed by atoms with Crippen LogP contribution < -0.4 is 0 Å². The van der Waals surface area contributed by atoms with Crippen LogP contribution >= 0.6 is 0 Å². The summed E-state index contributed by atoms with van der Waals surface area (Å²) in [5.41, 5.74) is 4.87. The van der Waals surface area contributed by atoms with Crippen LogP contribution in [0.15, 0.2) is 121 Å². The van der Waals surface area contributed by atoms with Crippen molar-refractivity contribution < 1.29 is 0 Å². The third-order valence-electron chi connectivity index (χ3n) is 5.79. The van der Waals surface area contributed by atoms with E-state index in [1.165, 1.54) is 5.39 Å². The average molecular weight is 437 g/mol. The van der Waals surface area contributed by atoms with E-state index in [4.69, 9.17) is 15.0 Å². The summed E-state index contributed by atoms with van der Waals surface area (Å²) in [7, 11) is 0. The van der Waals surface area contributed by atoms with Crippen LogP contribution in [-0.4, -0.2) is 19.9 Å². The number of nitrogens with zero attached hydrogens (tertiary/aromatic N) is 4. The monoisotopic (exact) mass is 436 g/mol. The third kappa shape index (κ3) is 3.82. The van der Waals surface area contributed by atoms with Crippen LogP contribution in [0.3, 0.4) is 0 Å². The number of hydrogen-bond donors (Lipinski definition) is 0. The third-order valence-corrected chi connectivity index (χ3v) is 5.79. The molecule has 4 nitrogen and oxygen atoms in total. The van der Waals surface area contributed by atoms with Crippen molar-refractivity contribution in [3.63, 3.8) is 0 Å². The Morgan fingerprint density at radius 3 is 1.44 bits per heavy atom. The number of aromatic nitrogens is 4. The Hall–Kier alpha value is -4.70. The van der Waals surface area contributed by atoms with E-state index in [9.17, 15) is 0 Å². The lowest BCUT2D eigenvalue weighted by Crippen LogP contribution is -2.00. The van der Waals surface area contributed by atoms with Gasteiger partial charge in [0.25, 0.3) is 0 Å². The molecule has 0 saturated carbocycles. The largest absolute Gasteiger partial charge is 0.256 e. The molecule has 2 heterocycles. The first kappa shape index (κ1) is 19.9. The van der Waals surface area contributed by atoms with Gasteiger partial charge in [-0.25, -0.2) is 15.0 Å². The fraction of sp³-hybridized carbons (Fsp3) is 0. The fourth-order valence-electron chi connectivity index (χ4n) is 4.06. The quantitative estimate of drug-likeness (QED) is 0.296. The Bertz CT molecular complexity index is 1520. The molecule has 0 fully saturated rings. The van der Waals surface area contributed by atoms with E-state index < -0.39 is 0 Å². The molecule has 0 radical (unpaired) electrons. The van der Waals surface area contributed by atoms with Crippen molar-refractivity contribution in [3.05, 3.63) is 121 Å². The number of pyridine rings is 1. The van der Waals surface area contributed by atoms with Crippen molar-refractivity contribution >= 4 is 10.8 Å². The molecule has 6 rings (SSSR count). The van der Waals surface area contributed by atoms with E-state index in [1.807, 2.05) is 85.1 Å². The minimum atomic E-state index is 0.644. The Morgan fingerprint density at radius 2 is 0.853 bits per heavy atom. The van der Waals surface area contributed by atoms with Crippen LogP contribution in [0.2, 0.25) is 0 Å². The molecule has 34 heavy (non-hydrogen) atoms. The molecule has 4 heteroatoms. The van der Waals surface area contributed by atoms with Crippen LogP contribution in [-0.2, 0) is 0 Å². The first-order valence-corrected chi connectivity index (χ1v) is 11.2. The topological polar surface area (TPSA) is 51.6 Å². The van der Waals surface area contributed by atoms with Gasteiger partial charge in [0.1, 0.15) is 0 Å². The van der Waals surface area contributed by atoms with Gasteiger partial charge in [0.2, 0.25) is 0 Å². The molecular formula is C30H20N4. The number of rotatable bonds is 4. The Balaban J connectivity index is 1.45. The minimum Gasteiger partial charge on any atom is -0.256 e. The van der Waals surface area contributed by atoms with Crippen molar-refractivity contribution in [2.75, 3.05) is 0 Å². The first-order valence-electron chi connectivity index (χ1n) is 11.2. The van der Waals surface area contributed by atoms with E-state index in [0.717, 1.165) is 33.3 Å². The predicted octanol–water partition coefficient (Wildman–Crippen LogP) is 7.09. The second-order valence-electron chi connectivity index (χ2n) is 8.00. The molecule has 2 aromatic heterocycles. The SMILES string of the molecule is c1ccc(-c2nc(-c3ccccc3)nc(-c3ccc(-c4nccc5ccccc45)cc3)n2)cc1. The molecule has 0 unspecified atom stereocenters. The number of fused-ring (bicyclic) bond motifs is 1. The zero-order valence-electron chi connectivity index (χ0n) is 18.3. The second kappa shape index (κ2) is 8.68. The standard InChI is InChI=1S/C30H20N4/c1-3-10-23(11-4-1)28-32-29(24-12-5-2-6-13-24)34-30(33-28)25-17-15-22(16-18-25)27-26-14-8-7-9-21(26)19-20-31-27/h1-20H. The van der Waals surface area contributed by atoms with Crippen LogP contribution in [0.5, 0.6) is 0 Å². The summed E-state index contributed by atoms with van der Waals surface area (Å²) >= 11 is 0. The summed E-state index contributed by atoms with van der Waals surface area (Å²) < 4.78 is 0. The van der Waals surface area contributed by atoms with Gasteiger partial charge in [-0.1, -0.05) is 109 Å². The maximum Gasteiger partial charge on any atom is 0.164 e. The van der Waals surface area contributed by atoms with Gasteiger partial charge in [0.15, 0.2) is 17.5 Å². The molecular weight excluding hydrogens is 416 g/mol. The average Bonchev–Trinajstić information content (AvgIpc) is 2.93. The van der Waals surface area contributed by atoms with E-state index >= 15 is 0 Å². The molecule has 0 aliphatic heterocycles. The predicted molar refractivity (Wildman–Crippen MR) is 137 cm³/mol. The maximum atomic E-state index is 4.81. The molecule has 0 aliphatic rings. The van der Waals surface area contributed by atoms with Crippen LogP contribution in [0, 0.1) is 0 Å². The summed E-state index contributed by atoms with van der Waals surface area (Å²) in [6.45, 7) is 0. The van der Waals surface area contributed by atoms with Gasteiger partial charge in [-0.3, -0.25) is 4.98 Å². The molecule has 0 N–H and O–H groups in total. The zero-order valence-corrected chi connectivity index (χ0v) is 18.3. The van der Waals surface area contributed by atoms with Gasteiger partial charge < -0.3 is 0 Å². The molecule has 160 valence electrons. The van der Waals surface area contributed by atoms with Gasteiger partial charge in [-0.05, 0) is 11.5 Å². The van der Waals surface area contributed by atoms with Crippen molar-refractivity contribution in [2.45, 2.75) is 0 Å². The highest BCUT2D eigenvalue weighted by Crippen LogP contribution is 2.29. The Kier molecular flexibility index (Phi) is 5.09. The summed E-state index contributed by atoms with van der Waals surface area (Å²) in [5.74, 6) is 1.96. The lowest BCUT2D eigenvalue weighted by molar-refractivity contribution is 1.07. The van der Waals surface area contributed by atoms with Crippen LogP contribution in [0.25, 0.3) is 56.2 Å². The van der Waals surface area contributed by atoms with Gasteiger partial charge >= 0.3 is 0 Å². The van der Waals surface area contributed by atoms with Crippen molar-refractivity contribution in [3.8, 4) is 45.4 Å². The smallest absolute Gasteiger partial charge is 0.164 e. The van der Waals surface area contributed by atoms with Crippen LogP contribution in [0.1, 0.15) is 0 Å². The van der Waals surface area contributed by atoms with Gasteiger partial charge in [-0.2, -0.15) is 0 Å². The highest BCUT2D eigenvalue weighted by atomic mass is 15.0. The molecule has 0 atom stereocenters. The minimum absolute atomic E-state index is 0.644.